The van der Waals surface area contributed by atoms with Crippen molar-refractivity contribution >= 4 is 40.9 Å². The van der Waals surface area contributed by atoms with Gasteiger partial charge in [0.25, 0.3) is 0 Å². The first-order chi connectivity index (χ1) is 9.17. The van der Waals surface area contributed by atoms with Gasteiger partial charge in [-0.05, 0) is 26.0 Å². The zero-order valence-corrected chi connectivity index (χ0v) is 13.4. The van der Waals surface area contributed by atoms with Gasteiger partial charge >= 0.3 is 7.60 Å². The molecule has 1 aromatic heterocycles. The number of hydrogen-bond donors (Lipinski definition) is 0. The van der Waals surface area contributed by atoms with Crippen LogP contribution in [0.5, 0.6) is 0 Å². The first kappa shape index (κ1) is 15.0. The fourth-order valence-corrected chi connectivity index (χ4v) is 5.92. The molecule has 0 amide bonds. The zero-order valence-electron chi connectivity index (χ0n) is 10.9. The lowest BCUT2D eigenvalue weighted by molar-refractivity contribution is 0.224. The fraction of sp³-hybridized carbons (Fsp3) is 0.417. The Labute approximate surface area is 121 Å². The summed E-state index contributed by atoms with van der Waals surface area (Å²) in [4.78, 5) is 4.49. The molecule has 0 saturated carbocycles. The van der Waals surface area contributed by atoms with Crippen molar-refractivity contribution in [1.29, 1.82) is 0 Å². The Morgan fingerprint density at radius 2 is 1.95 bits per heavy atom. The standard InChI is InChI=1S/C12H16NO3PS2/c1-3-15-17(14,16-4-2)9-18-12-13-10-7-5-6-8-11(10)19-12/h5-8H,3-4,9H2,1-2H3. The van der Waals surface area contributed by atoms with Gasteiger partial charge in [0.2, 0.25) is 0 Å². The smallest absolute Gasteiger partial charge is 0.308 e. The van der Waals surface area contributed by atoms with E-state index in [1.165, 1.54) is 11.8 Å². The van der Waals surface area contributed by atoms with Gasteiger partial charge in [-0.1, -0.05) is 23.9 Å². The maximum Gasteiger partial charge on any atom is 0.340 e. The van der Waals surface area contributed by atoms with Gasteiger partial charge in [-0.2, -0.15) is 0 Å². The Balaban J connectivity index is 2.06. The van der Waals surface area contributed by atoms with Gasteiger partial charge in [0.05, 0.1) is 23.4 Å². The van der Waals surface area contributed by atoms with Crippen molar-refractivity contribution < 1.29 is 13.6 Å². The molecular formula is C12H16NO3PS2. The van der Waals surface area contributed by atoms with E-state index in [2.05, 4.69) is 4.98 Å². The summed E-state index contributed by atoms with van der Waals surface area (Å²) in [7, 11) is -3.00. The van der Waals surface area contributed by atoms with Crippen LogP contribution in [0.2, 0.25) is 0 Å². The first-order valence-corrected chi connectivity index (χ1v) is 9.56. The van der Waals surface area contributed by atoms with Crippen LogP contribution in [0.25, 0.3) is 10.2 Å². The van der Waals surface area contributed by atoms with Crippen LogP contribution in [-0.4, -0.2) is 23.7 Å². The largest absolute Gasteiger partial charge is 0.340 e. The second-order valence-electron chi connectivity index (χ2n) is 3.67. The number of nitrogens with zero attached hydrogens (tertiary/aromatic N) is 1. The molecule has 0 radical (unpaired) electrons. The van der Waals surface area contributed by atoms with E-state index in [-0.39, 0.29) is 0 Å². The van der Waals surface area contributed by atoms with Crippen molar-refractivity contribution in [3.8, 4) is 0 Å². The molecule has 0 atom stereocenters. The van der Waals surface area contributed by atoms with Crippen LogP contribution in [0, 0.1) is 0 Å². The van der Waals surface area contributed by atoms with Crippen molar-refractivity contribution in [2.75, 3.05) is 18.7 Å². The predicted octanol–water partition coefficient (Wildman–Crippen LogP) is 4.61. The highest BCUT2D eigenvalue weighted by Crippen LogP contribution is 2.52. The molecule has 4 nitrogen and oxygen atoms in total. The van der Waals surface area contributed by atoms with Crippen LogP contribution < -0.4 is 0 Å². The van der Waals surface area contributed by atoms with E-state index >= 15 is 0 Å². The molecule has 0 unspecified atom stereocenters. The van der Waals surface area contributed by atoms with E-state index < -0.39 is 7.60 Å². The number of aromatic nitrogens is 1. The zero-order chi connectivity index (χ0) is 13.7. The predicted molar refractivity (Wildman–Crippen MR) is 81.2 cm³/mol. The minimum Gasteiger partial charge on any atom is -0.308 e. The van der Waals surface area contributed by atoms with Crippen LogP contribution in [0.3, 0.4) is 0 Å². The van der Waals surface area contributed by atoms with E-state index in [0.717, 1.165) is 14.6 Å². The highest BCUT2D eigenvalue weighted by Gasteiger charge is 2.24. The van der Waals surface area contributed by atoms with E-state index in [9.17, 15) is 4.57 Å². The molecule has 0 saturated heterocycles. The van der Waals surface area contributed by atoms with Gasteiger partial charge in [-0.3, -0.25) is 4.57 Å². The lowest BCUT2D eigenvalue weighted by atomic mass is 10.3. The third-order valence-electron chi connectivity index (χ3n) is 2.27. The molecule has 0 aliphatic heterocycles. The summed E-state index contributed by atoms with van der Waals surface area (Å²) >= 11 is 3.02. The van der Waals surface area contributed by atoms with Gasteiger partial charge in [0.1, 0.15) is 5.49 Å². The number of thioether (sulfide) groups is 1. The summed E-state index contributed by atoms with van der Waals surface area (Å²) in [5, 5.41) is 0. The normalized spacial score (nSPS) is 12.1. The third-order valence-corrected chi connectivity index (χ3v) is 7.13. The van der Waals surface area contributed by atoms with Crippen molar-refractivity contribution in [3.63, 3.8) is 0 Å². The van der Waals surface area contributed by atoms with Crippen LogP contribution >= 0.6 is 30.7 Å². The quantitative estimate of drug-likeness (QED) is 0.551. The van der Waals surface area contributed by atoms with E-state index in [4.69, 9.17) is 9.05 Å². The van der Waals surface area contributed by atoms with Gasteiger partial charge in [-0.15, -0.1) is 11.3 Å². The molecule has 0 aliphatic carbocycles. The Morgan fingerprint density at radius 3 is 2.58 bits per heavy atom. The van der Waals surface area contributed by atoms with Gasteiger partial charge in [-0.25, -0.2) is 4.98 Å². The average molecular weight is 317 g/mol. The van der Waals surface area contributed by atoms with E-state index in [0.29, 0.717) is 18.7 Å². The number of benzene rings is 1. The van der Waals surface area contributed by atoms with Crippen molar-refractivity contribution in [2.45, 2.75) is 18.2 Å². The molecule has 0 spiro atoms. The highest BCUT2D eigenvalue weighted by molar-refractivity contribution is 8.06. The summed E-state index contributed by atoms with van der Waals surface area (Å²) in [6.45, 7) is 4.40. The SMILES string of the molecule is CCOP(=O)(CSc1nc2ccccc2s1)OCC. The Kier molecular flexibility index (Phi) is 5.42. The summed E-state index contributed by atoms with van der Waals surface area (Å²) in [5.41, 5.74) is 1.27. The molecule has 104 valence electrons. The molecule has 1 aromatic carbocycles. The van der Waals surface area contributed by atoms with Crippen LogP contribution in [0.4, 0.5) is 0 Å². The molecule has 0 fully saturated rings. The molecule has 19 heavy (non-hydrogen) atoms. The average Bonchev–Trinajstić information content (AvgIpc) is 2.80. The monoisotopic (exact) mass is 317 g/mol. The molecule has 0 aliphatic rings. The van der Waals surface area contributed by atoms with Crippen LogP contribution in [-0.2, 0) is 13.6 Å². The number of fused-ring (bicyclic) bond motifs is 1. The number of hydrogen-bond acceptors (Lipinski definition) is 6. The van der Waals surface area contributed by atoms with Gasteiger partial charge in [0, 0.05) is 0 Å². The lowest BCUT2D eigenvalue weighted by Crippen LogP contribution is -1.97. The maximum atomic E-state index is 12.3. The minimum absolute atomic E-state index is 0.300. The summed E-state index contributed by atoms with van der Waals surface area (Å²) in [5.74, 6) is 0. The first-order valence-electron chi connectivity index (χ1n) is 6.03. The third kappa shape index (κ3) is 4.04. The van der Waals surface area contributed by atoms with E-state index in [1.54, 1.807) is 11.3 Å². The summed E-state index contributed by atoms with van der Waals surface area (Å²) in [6, 6.07) is 7.95. The molecule has 1 heterocycles. The summed E-state index contributed by atoms with van der Waals surface area (Å²) in [6.07, 6.45) is 0. The van der Waals surface area contributed by atoms with Crippen LogP contribution in [0.15, 0.2) is 28.6 Å². The fourth-order valence-electron chi connectivity index (χ4n) is 1.55. The molecule has 2 aromatic rings. The second kappa shape index (κ2) is 6.86. The van der Waals surface area contributed by atoms with Crippen molar-refractivity contribution in [1.82, 2.24) is 4.98 Å². The minimum atomic E-state index is -3.00. The molecule has 7 heteroatoms. The van der Waals surface area contributed by atoms with Crippen molar-refractivity contribution in [3.05, 3.63) is 24.3 Å². The Morgan fingerprint density at radius 1 is 1.26 bits per heavy atom. The number of para-hydroxylation sites is 1. The highest BCUT2D eigenvalue weighted by atomic mass is 32.2. The molecule has 0 bridgehead atoms. The number of rotatable bonds is 7. The van der Waals surface area contributed by atoms with E-state index in [1.807, 2.05) is 38.1 Å². The topological polar surface area (TPSA) is 48.4 Å². The lowest BCUT2D eigenvalue weighted by Gasteiger charge is -2.15. The second-order valence-corrected chi connectivity index (χ2v) is 8.40. The maximum absolute atomic E-state index is 12.3. The molecule has 2 rings (SSSR count). The Bertz CT molecular complexity index is 544. The Hall–Kier alpha value is -0.390. The molecular weight excluding hydrogens is 301 g/mol. The van der Waals surface area contributed by atoms with Crippen LogP contribution in [0.1, 0.15) is 13.8 Å². The van der Waals surface area contributed by atoms with Gasteiger partial charge in [0.15, 0.2) is 4.34 Å². The van der Waals surface area contributed by atoms with Gasteiger partial charge < -0.3 is 9.05 Å². The number of thiazole rings is 1. The summed E-state index contributed by atoms with van der Waals surface area (Å²) < 4.78 is 24.8. The molecule has 0 N–H and O–H groups in total. The van der Waals surface area contributed by atoms with Crippen molar-refractivity contribution in [2.24, 2.45) is 0 Å².